The van der Waals surface area contributed by atoms with E-state index in [1.165, 1.54) is 0 Å². The van der Waals surface area contributed by atoms with E-state index in [0.29, 0.717) is 25.1 Å². The molecule has 1 aromatic carbocycles. The van der Waals surface area contributed by atoms with Crippen molar-refractivity contribution < 1.29 is 14.7 Å². The van der Waals surface area contributed by atoms with Crippen LogP contribution in [0.4, 0.5) is 0 Å². The fourth-order valence-corrected chi connectivity index (χ4v) is 4.30. The molecule has 2 atom stereocenters. The van der Waals surface area contributed by atoms with Gasteiger partial charge in [-0.3, -0.25) is 9.59 Å². The van der Waals surface area contributed by atoms with Crippen LogP contribution in [0.2, 0.25) is 0 Å². The van der Waals surface area contributed by atoms with Gasteiger partial charge in [0.05, 0.1) is 5.41 Å². The summed E-state index contributed by atoms with van der Waals surface area (Å²) in [4.78, 5) is 26.2. The molecule has 1 heterocycles. The third kappa shape index (κ3) is 2.25. The number of amides is 1. The molecule has 112 valence electrons. The molecule has 3 rings (SSSR count). The highest BCUT2D eigenvalue weighted by atomic mass is 127. The molecule has 1 aliphatic heterocycles. The zero-order valence-corrected chi connectivity index (χ0v) is 14.1. The molecule has 0 aromatic heterocycles. The van der Waals surface area contributed by atoms with E-state index in [9.17, 15) is 14.7 Å². The summed E-state index contributed by atoms with van der Waals surface area (Å²) in [5, 5.41) is 9.60. The van der Waals surface area contributed by atoms with Gasteiger partial charge in [-0.1, -0.05) is 12.5 Å². The lowest BCUT2D eigenvalue weighted by molar-refractivity contribution is -0.149. The number of likely N-dealkylation sites (tertiary alicyclic amines) is 1. The monoisotopic (exact) mass is 399 g/mol. The molecular weight excluding hydrogens is 381 g/mol. The average molecular weight is 399 g/mol. The van der Waals surface area contributed by atoms with Gasteiger partial charge >= 0.3 is 5.97 Å². The van der Waals surface area contributed by atoms with Gasteiger partial charge in [0, 0.05) is 22.2 Å². The molecule has 0 spiro atoms. The van der Waals surface area contributed by atoms with Crippen molar-refractivity contribution in [3.8, 4) is 0 Å². The van der Waals surface area contributed by atoms with Gasteiger partial charge in [-0.15, -0.1) is 0 Å². The van der Waals surface area contributed by atoms with Crippen molar-refractivity contribution >= 4 is 34.5 Å². The Labute approximate surface area is 137 Å². The molecule has 1 saturated carbocycles. The third-order valence-electron chi connectivity index (χ3n) is 5.08. The van der Waals surface area contributed by atoms with Crippen LogP contribution in [0.15, 0.2) is 18.2 Å². The maximum atomic E-state index is 12.7. The van der Waals surface area contributed by atoms with E-state index >= 15 is 0 Å². The van der Waals surface area contributed by atoms with Gasteiger partial charge in [-0.05, 0) is 66.0 Å². The minimum absolute atomic E-state index is 0.0268. The first-order chi connectivity index (χ1) is 9.95. The number of carboxylic acid groups (broad SMARTS) is 1. The number of hydrogen-bond donors (Lipinski definition) is 1. The van der Waals surface area contributed by atoms with Crippen LogP contribution in [0.25, 0.3) is 0 Å². The van der Waals surface area contributed by atoms with Crippen molar-refractivity contribution in [2.45, 2.75) is 26.2 Å². The Balaban J connectivity index is 1.88. The lowest BCUT2D eigenvalue weighted by Crippen LogP contribution is -2.37. The number of hydrogen-bond acceptors (Lipinski definition) is 2. The molecule has 4 nitrogen and oxygen atoms in total. The van der Waals surface area contributed by atoms with E-state index < -0.39 is 11.4 Å². The molecule has 0 radical (unpaired) electrons. The van der Waals surface area contributed by atoms with Crippen molar-refractivity contribution in [1.29, 1.82) is 0 Å². The lowest BCUT2D eigenvalue weighted by atomic mass is 9.81. The van der Waals surface area contributed by atoms with E-state index in [4.69, 9.17) is 0 Å². The summed E-state index contributed by atoms with van der Waals surface area (Å²) < 4.78 is 1.06. The fraction of sp³-hybridized carbons (Fsp3) is 0.500. The second-order valence-electron chi connectivity index (χ2n) is 6.15. The van der Waals surface area contributed by atoms with Gasteiger partial charge in [0.1, 0.15) is 0 Å². The number of carbonyl (C=O) groups is 2. The second kappa shape index (κ2) is 5.26. The maximum Gasteiger partial charge on any atom is 0.311 e. The first-order valence-electron chi connectivity index (χ1n) is 7.23. The summed E-state index contributed by atoms with van der Waals surface area (Å²) in [5.41, 5.74) is 0.970. The predicted molar refractivity (Wildman–Crippen MR) is 87.2 cm³/mol. The quantitative estimate of drug-likeness (QED) is 0.779. The number of halogens is 1. The Kier molecular flexibility index (Phi) is 3.71. The Morgan fingerprint density at radius 2 is 2.19 bits per heavy atom. The molecule has 2 fully saturated rings. The van der Waals surface area contributed by atoms with Crippen LogP contribution in [0.1, 0.15) is 35.2 Å². The average Bonchev–Trinajstić information content (AvgIpc) is 2.98. The van der Waals surface area contributed by atoms with Gasteiger partial charge in [0.25, 0.3) is 5.91 Å². The summed E-state index contributed by atoms with van der Waals surface area (Å²) in [7, 11) is 0. The molecule has 0 unspecified atom stereocenters. The van der Waals surface area contributed by atoms with Crippen LogP contribution in [0.3, 0.4) is 0 Å². The van der Waals surface area contributed by atoms with Gasteiger partial charge in [-0.2, -0.15) is 0 Å². The highest BCUT2D eigenvalue weighted by Gasteiger charge is 2.55. The Morgan fingerprint density at radius 3 is 2.86 bits per heavy atom. The highest BCUT2D eigenvalue weighted by molar-refractivity contribution is 14.1. The van der Waals surface area contributed by atoms with E-state index in [-0.39, 0.29) is 11.8 Å². The number of fused-ring (bicyclic) bond motifs is 1. The van der Waals surface area contributed by atoms with Gasteiger partial charge in [-0.25, -0.2) is 0 Å². The second-order valence-corrected chi connectivity index (χ2v) is 7.31. The van der Waals surface area contributed by atoms with Crippen molar-refractivity contribution in [3.63, 3.8) is 0 Å². The summed E-state index contributed by atoms with van der Waals surface area (Å²) in [6.07, 6.45) is 2.57. The maximum absolute atomic E-state index is 12.7. The zero-order valence-electron chi connectivity index (χ0n) is 11.9. The molecule has 1 aliphatic carbocycles. The number of rotatable bonds is 2. The number of aliphatic carboxylic acids is 1. The molecule has 1 aromatic rings. The molecular formula is C16H18INO3. The molecule has 1 amide bonds. The molecule has 21 heavy (non-hydrogen) atoms. The molecule has 1 N–H and O–H groups in total. The molecule has 5 heteroatoms. The SMILES string of the molecule is Cc1c(I)cccc1C(=O)N1C[C@@H]2CCC[C@@]2(C(=O)O)C1. The largest absolute Gasteiger partial charge is 0.481 e. The van der Waals surface area contributed by atoms with Crippen LogP contribution in [-0.2, 0) is 4.79 Å². The molecule has 1 saturated heterocycles. The van der Waals surface area contributed by atoms with Crippen molar-refractivity contribution in [3.05, 3.63) is 32.9 Å². The van der Waals surface area contributed by atoms with E-state index in [0.717, 1.165) is 22.0 Å². The van der Waals surface area contributed by atoms with Crippen molar-refractivity contribution in [2.24, 2.45) is 11.3 Å². The summed E-state index contributed by atoms with van der Waals surface area (Å²) in [5.74, 6) is -0.650. The van der Waals surface area contributed by atoms with Gasteiger partial charge < -0.3 is 10.0 Å². The molecule has 2 aliphatic rings. The number of nitrogens with zero attached hydrogens (tertiary/aromatic N) is 1. The van der Waals surface area contributed by atoms with Gasteiger partial charge in [0.2, 0.25) is 0 Å². The standard InChI is InChI=1S/C16H18INO3/c1-10-12(5-2-6-13(10)17)14(19)18-8-11-4-3-7-16(11,9-18)15(20)21/h2,5-6,11H,3-4,7-9H2,1H3,(H,20,21)/t11-,16+/m0/s1. The minimum atomic E-state index is -0.736. The van der Waals surface area contributed by atoms with Crippen LogP contribution in [-0.4, -0.2) is 35.0 Å². The van der Waals surface area contributed by atoms with E-state index in [1.54, 1.807) is 4.90 Å². The zero-order chi connectivity index (χ0) is 15.2. The predicted octanol–water partition coefficient (Wildman–Crippen LogP) is 2.93. The Morgan fingerprint density at radius 1 is 1.43 bits per heavy atom. The summed E-state index contributed by atoms with van der Waals surface area (Å²) in [6, 6.07) is 5.69. The Bertz CT molecular complexity index is 616. The van der Waals surface area contributed by atoms with Crippen LogP contribution >= 0.6 is 22.6 Å². The molecule has 0 bridgehead atoms. The fourth-order valence-electron chi connectivity index (χ4n) is 3.80. The summed E-state index contributed by atoms with van der Waals surface area (Å²) >= 11 is 2.22. The van der Waals surface area contributed by atoms with Crippen LogP contribution in [0.5, 0.6) is 0 Å². The van der Waals surface area contributed by atoms with E-state index in [2.05, 4.69) is 22.6 Å². The number of benzene rings is 1. The van der Waals surface area contributed by atoms with Crippen molar-refractivity contribution in [2.75, 3.05) is 13.1 Å². The Hall–Kier alpha value is -1.11. The van der Waals surface area contributed by atoms with Crippen molar-refractivity contribution in [1.82, 2.24) is 4.90 Å². The summed E-state index contributed by atoms with van der Waals surface area (Å²) in [6.45, 7) is 2.88. The normalized spacial score (nSPS) is 27.7. The number of carbonyl (C=O) groups excluding carboxylic acids is 1. The van der Waals surface area contributed by atoms with Gasteiger partial charge in [0.15, 0.2) is 0 Å². The van der Waals surface area contributed by atoms with Crippen LogP contribution < -0.4 is 0 Å². The number of carboxylic acids is 1. The van der Waals surface area contributed by atoms with Crippen LogP contribution in [0, 0.1) is 21.8 Å². The minimum Gasteiger partial charge on any atom is -0.481 e. The lowest BCUT2D eigenvalue weighted by Gasteiger charge is -2.23. The first-order valence-corrected chi connectivity index (χ1v) is 8.31. The van der Waals surface area contributed by atoms with E-state index in [1.807, 2.05) is 25.1 Å². The third-order valence-corrected chi connectivity index (χ3v) is 6.25. The first kappa shape index (κ1) is 14.8. The topological polar surface area (TPSA) is 57.6 Å². The smallest absolute Gasteiger partial charge is 0.311 e. The highest BCUT2D eigenvalue weighted by Crippen LogP contribution is 2.49.